The van der Waals surface area contributed by atoms with Crippen molar-refractivity contribution >= 4 is 11.8 Å². The lowest BCUT2D eigenvalue weighted by Crippen LogP contribution is -2.10. The Bertz CT molecular complexity index is 611. The summed E-state index contributed by atoms with van der Waals surface area (Å²) < 4.78 is 13.0. The molecular weight excluding hydrogens is 271 g/mol. The topological polar surface area (TPSA) is 38.9 Å². The number of hydrogen-bond donors (Lipinski definition) is 1. The summed E-state index contributed by atoms with van der Waals surface area (Å²) in [7, 11) is 0. The van der Waals surface area contributed by atoms with Gasteiger partial charge in [0, 0.05) is 17.1 Å². The smallest absolute Gasteiger partial charge is 0.123 e. The summed E-state index contributed by atoms with van der Waals surface area (Å²) in [4.78, 5) is 5.78. The molecule has 0 saturated carbocycles. The zero-order valence-electron chi connectivity index (χ0n) is 11.2. The number of nitrogens with two attached hydrogens (primary N) is 1. The Morgan fingerprint density at radius 2 is 1.90 bits per heavy atom. The second-order valence-corrected chi connectivity index (χ2v) is 6.09. The average Bonchev–Trinajstić information content (AvgIpc) is 2.49. The third kappa shape index (κ3) is 2.86. The largest absolute Gasteiger partial charge is 0.326 e. The highest BCUT2D eigenvalue weighted by Crippen LogP contribution is 2.32. The molecule has 0 bridgehead atoms. The summed E-state index contributed by atoms with van der Waals surface area (Å²) in [5, 5.41) is 0.958. The first-order valence-electron chi connectivity index (χ1n) is 6.91. The number of rotatable bonds is 3. The zero-order valence-corrected chi connectivity index (χ0v) is 12.0. The van der Waals surface area contributed by atoms with E-state index in [1.165, 1.54) is 36.2 Å². The summed E-state index contributed by atoms with van der Waals surface area (Å²) >= 11 is 1.56. The standard InChI is InChI=1S/C16H17FN2S/c17-13-5-7-14(8-6-13)20-16-12(10-18)9-11-3-1-2-4-15(11)19-16/h5-9H,1-4,10,18H2. The Morgan fingerprint density at radius 3 is 2.65 bits per heavy atom. The van der Waals surface area contributed by atoms with Crippen LogP contribution in [0.2, 0.25) is 0 Å². The molecule has 0 fully saturated rings. The molecule has 104 valence electrons. The van der Waals surface area contributed by atoms with Gasteiger partial charge in [-0.3, -0.25) is 0 Å². The Kier molecular flexibility index (Phi) is 4.03. The van der Waals surface area contributed by atoms with Crippen LogP contribution in [0.25, 0.3) is 0 Å². The van der Waals surface area contributed by atoms with Gasteiger partial charge in [0.1, 0.15) is 10.8 Å². The molecule has 0 unspecified atom stereocenters. The number of aryl methyl sites for hydroxylation is 2. The van der Waals surface area contributed by atoms with E-state index in [2.05, 4.69) is 6.07 Å². The van der Waals surface area contributed by atoms with Gasteiger partial charge in [-0.2, -0.15) is 0 Å². The molecule has 0 radical (unpaired) electrons. The molecule has 3 rings (SSSR count). The number of nitrogens with zero attached hydrogens (tertiary/aromatic N) is 1. The summed E-state index contributed by atoms with van der Waals surface area (Å²) in [6.07, 6.45) is 4.61. The fourth-order valence-corrected chi connectivity index (χ4v) is 3.44. The fourth-order valence-electron chi connectivity index (χ4n) is 2.51. The molecule has 1 heterocycles. The molecule has 1 aliphatic carbocycles. The number of benzene rings is 1. The maximum atomic E-state index is 13.0. The molecule has 0 saturated heterocycles. The Balaban J connectivity index is 1.93. The number of hydrogen-bond acceptors (Lipinski definition) is 3. The van der Waals surface area contributed by atoms with E-state index < -0.39 is 0 Å². The molecule has 1 aliphatic rings. The maximum absolute atomic E-state index is 13.0. The molecule has 4 heteroatoms. The lowest BCUT2D eigenvalue weighted by atomic mass is 9.95. The van der Waals surface area contributed by atoms with Crippen LogP contribution in [0, 0.1) is 5.82 Å². The van der Waals surface area contributed by atoms with Crippen molar-refractivity contribution in [3.63, 3.8) is 0 Å². The molecule has 20 heavy (non-hydrogen) atoms. The Hall–Kier alpha value is -1.39. The molecule has 0 spiro atoms. The molecule has 2 aromatic rings. The quantitative estimate of drug-likeness (QED) is 0.935. The summed E-state index contributed by atoms with van der Waals surface area (Å²) in [6, 6.07) is 8.71. The van der Waals surface area contributed by atoms with Crippen molar-refractivity contribution in [1.29, 1.82) is 0 Å². The van der Waals surface area contributed by atoms with E-state index >= 15 is 0 Å². The molecule has 2 N–H and O–H groups in total. The van der Waals surface area contributed by atoms with E-state index in [9.17, 15) is 4.39 Å². The number of aromatic nitrogens is 1. The van der Waals surface area contributed by atoms with E-state index in [0.717, 1.165) is 28.3 Å². The van der Waals surface area contributed by atoms with Crippen molar-refractivity contribution in [2.24, 2.45) is 5.73 Å². The van der Waals surface area contributed by atoms with Crippen molar-refractivity contribution < 1.29 is 4.39 Å². The first-order chi connectivity index (χ1) is 9.76. The van der Waals surface area contributed by atoms with Crippen LogP contribution in [0.5, 0.6) is 0 Å². The van der Waals surface area contributed by atoms with Crippen LogP contribution in [-0.4, -0.2) is 4.98 Å². The van der Waals surface area contributed by atoms with Gasteiger partial charge in [0.2, 0.25) is 0 Å². The van der Waals surface area contributed by atoms with Crippen molar-refractivity contribution in [1.82, 2.24) is 4.98 Å². The van der Waals surface area contributed by atoms with E-state index in [1.807, 2.05) is 0 Å². The zero-order chi connectivity index (χ0) is 13.9. The molecule has 1 aromatic carbocycles. The van der Waals surface area contributed by atoms with Gasteiger partial charge in [0.05, 0.1) is 0 Å². The van der Waals surface area contributed by atoms with Crippen molar-refractivity contribution in [3.05, 3.63) is 53.0 Å². The van der Waals surface area contributed by atoms with Crippen LogP contribution in [0.3, 0.4) is 0 Å². The minimum Gasteiger partial charge on any atom is -0.326 e. The molecular formula is C16H17FN2S. The lowest BCUT2D eigenvalue weighted by Gasteiger charge is -2.18. The highest BCUT2D eigenvalue weighted by atomic mass is 32.2. The third-order valence-electron chi connectivity index (χ3n) is 3.59. The third-order valence-corrected chi connectivity index (χ3v) is 4.64. The van der Waals surface area contributed by atoms with Crippen LogP contribution >= 0.6 is 11.8 Å². The van der Waals surface area contributed by atoms with Gasteiger partial charge in [-0.1, -0.05) is 17.8 Å². The first kappa shape index (κ1) is 13.6. The number of pyridine rings is 1. The van der Waals surface area contributed by atoms with Gasteiger partial charge in [-0.15, -0.1) is 0 Å². The Morgan fingerprint density at radius 1 is 1.15 bits per heavy atom. The van der Waals surface area contributed by atoms with Gasteiger partial charge in [-0.05, 0) is 61.1 Å². The predicted octanol–water partition coefficient (Wildman–Crippen LogP) is 3.71. The number of fused-ring (bicyclic) bond motifs is 1. The van der Waals surface area contributed by atoms with Crippen molar-refractivity contribution in [2.45, 2.75) is 42.1 Å². The maximum Gasteiger partial charge on any atom is 0.123 e. The SMILES string of the molecule is NCc1cc2c(nc1Sc1ccc(F)cc1)CCCC2. The van der Waals surface area contributed by atoms with Gasteiger partial charge in [-0.25, -0.2) is 9.37 Å². The van der Waals surface area contributed by atoms with E-state index in [1.54, 1.807) is 23.9 Å². The van der Waals surface area contributed by atoms with Gasteiger partial charge < -0.3 is 5.73 Å². The highest BCUT2D eigenvalue weighted by Gasteiger charge is 2.15. The summed E-state index contributed by atoms with van der Waals surface area (Å²) in [6.45, 7) is 0.490. The first-order valence-corrected chi connectivity index (χ1v) is 7.73. The minimum absolute atomic E-state index is 0.216. The van der Waals surface area contributed by atoms with Crippen molar-refractivity contribution in [2.75, 3.05) is 0 Å². The molecule has 0 aliphatic heterocycles. The second kappa shape index (κ2) is 5.94. The fraction of sp³-hybridized carbons (Fsp3) is 0.312. The molecule has 2 nitrogen and oxygen atoms in total. The van der Waals surface area contributed by atoms with Crippen LogP contribution in [-0.2, 0) is 19.4 Å². The average molecular weight is 288 g/mol. The summed E-state index contributed by atoms with van der Waals surface area (Å²) in [5.74, 6) is -0.216. The van der Waals surface area contributed by atoms with E-state index in [0.29, 0.717) is 6.54 Å². The Labute approximate surface area is 122 Å². The normalized spacial score (nSPS) is 14.1. The van der Waals surface area contributed by atoms with Crippen molar-refractivity contribution in [3.8, 4) is 0 Å². The van der Waals surface area contributed by atoms with Crippen LogP contribution in [0.4, 0.5) is 4.39 Å². The van der Waals surface area contributed by atoms with Gasteiger partial charge in [0.25, 0.3) is 0 Å². The molecule has 0 atom stereocenters. The van der Waals surface area contributed by atoms with Crippen LogP contribution in [0.15, 0.2) is 40.3 Å². The minimum atomic E-state index is -0.216. The highest BCUT2D eigenvalue weighted by molar-refractivity contribution is 7.99. The molecule has 1 aromatic heterocycles. The van der Waals surface area contributed by atoms with Crippen LogP contribution < -0.4 is 5.73 Å². The lowest BCUT2D eigenvalue weighted by molar-refractivity contribution is 0.626. The summed E-state index contributed by atoms with van der Waals surface area (Å²) in [5.41, 5.74) is 9.49. The van der Waals surface area contributed by atoms with Crippen LogP contribution in [0.1, 0.15) is 29.7 Å². The molecule has 0 amide bonds. The van der Waals surface area contributed by atoms with E-state index in [4.69, 9.17) is 10.7 Å². The van der Waals surface area contributed by atoms with Gasteiger partial charge in [0.15, 0.2) is 0 Å². The van der Waals surface area contributed by atoms with Gasteiger partial charge >= 0.3 is 0 Å². The second-order valence-electron chi connectivity index (χ2n) is 5.03. The predicted molar refractivity (Wildman–Crippen MR) is 79.3 cm³/mol. The monoisotopic (exact) mass is 288 g/mol. The van der Waals surface area contributed by atoms with E-state index in [-0.39, 0.29) is 5.82 Å². The number of halogens is 1.